The molecule has 2 aromatic rings. The van der Waals surface area contributed by atoms with Crippen molar-refractivity contribution in [2.24, 2.45) is 0 Å². The van der Waals surface area contributed by atoms with Gasteiger partial charge >= 0.3 is 5.97 Å². The first-order chi connectivity index (χ1) is 13.4. The van der Waals surface area contributed by atoms with Crippen molar-refractivity contribution in [2.45, 2.75) is 51.5 Å². The molecule has 144 valence electrons. The van der Waals surface area contributed by atoms with Gasteiger partial charge in [0.1, 0.15) is 6.61 Å². The Morgan fingerprint density at radius 3 is 2.82 bits per heavy atom. The standard InChI is InChI=1S/C21H20N2O5/c1-3-10-12-7-23-15(6-11-13(20(23)26)8-28-21(27)19(11)25)18(12)22-14-4-5-16(24)9(2)17(10)14/h4-6,9,16,19,24-25H,3,7-8H2,1-2H3/t9?,16?,19-/m0/s1. The van der Waals surface area contributed by atoms with Crippen LogP contribution < -0.4 is 5.56 Å². The van der Waals surface area contributed by atoms with E-state index in [0.717, 1.165) is 28.8 Å². The number of fused-ring (bicyclic) bond motifs is 5. The number of cyclic esters (lactones) is 1. The Bertz CT molecular complexity index is 1130. The van der Waals surface area contributed by atoms with Crippen molar-refractivity contribution in [2.75, 3.05) is 0 Å². The SMILES string of the molecule is CCc1c2c(nc3c1C(C)C(O)C=C3)-c1cc3c(c(=O)n1C2)COC(=O)[C@H]3O. The van der Waals surface area contributed by atoms with E-state index in [1.54, 1.807) is 16.7 Å². The summed E-state index contributed by atoms with van der Waals surface area (Å²) >= 11 is 0. The van der Waals surface area contributed by atoms with E-state index in [9.17, 15) is 19.8 Å². The molecule has 0 spiro atoms. The van der Waals surface area contributed by atoms with E-state index >= 15 is 0 Å². The van der Waals surface area contributed by atoms with Crippen LogP contribution in [0.5, 0.6) is 0 Å². The van der Waals surface area contributed by atoms with Crippen molar-refractivity contribution >= 4 is 12.0 Å². The van der Waals surface area contributed by atoms with Crippen LogP contribution in [0.4, 0.5) is 0 Å². The average molecular weight is 380 g/mol. The number of ether oxygens (including phenoxy) is 1. The number of nitrogens with zero attached hydrogens (tertiary/aromatic N) is 2. The molecule has 7 nitrogen and oxygen atoms in total. The van der Waals surface area contributed by atoms with Crippen molar-refractivity contribution in [3.8, 4) is 11.4 Å². The summed E-state index contributed by atoms with van der Waals surface area (Å²) in [4.78, 5) is 29.6. The molecule has 7 heteroatoms. The lowest BCUT2D eigenvalue weighted by molar-refractivity contribution is -0.157. The number of aromatic nitrogens is 2. The van der Waals surface area contributed by atoms with Crippen molar-refractivity contribution in [3.63, 3.8) is 0 Å². The molecule has 0 saturated carbocycles. The molecule has 3 atom stereocenters. The van der Waals surface area contributed by atoms with Gasteiger partial charge in [-0.2, -0.15) is 0 Å². The molecule has 5 rings (SSSR count). The number of carbonyl (C=O) groups is 1. The number of aliphatic hydroxyl groups excluding tert-OH is 2. The fourth-order valence-corrected chi connectivity index (χ4v) is 4.61. The van der Waals surface area contributed by atoms with Crippen molar-refractivity contribution in [1.82, 2.24) is 9.55 Å². The summed E-state index contributed by atoms with van der Waals surface area (Å²) in [6, 6.07) is 1.69. The normalized spacial score (nSPS) is 24.3. The minimum atomic E-state index is -1.45. The maximum absolute atomic E-state index is 13.0. The second kappa shape index (κ2) is 5.86. The lowest BCUT2D eigenvalue weighted by atomic mass is 9.83. The topological polar surface area (TPSA) is 102 Å². The van der Waals surface area contributed by atoms with Crippen LogP contribution in [-0.4, -0.2) is 31.8 Å². The summed E-state index contributed by atoms with van der Waals surface area (Å²) in [7, 11) is 0. The Hall–Kier alpha value is -2.77. The van der Waals surface area contributed by atoms with Gasteiger partial charge in [0.05, 0.1) is 35.3 Å². The fourth-order valence-electron chi connectivity index (χ4n) is 4.61. The number of carbonyl (C=O) groups excluding carboxylic acids is 1. The van der Waals surface area contributed by atoms with Crippen LogP contribution in [0.15, 0.2) is 16.9 Å². The number of hydrogen-bond acceptors (Lipinski definition) is 6. The number of rotatable bonds is 1. The third-order valence-corrected chi connectivity index (χ3v) is 6.13. The van der Waals surface area contributed by atoms with Gasteiger partial charge in [-0.15, -0.1) is 0 Å². The van der Waals surface area contributed by atoms with Gasteiger partial charge < -0.3 is 19.5 Å². The van der Waals surface area contributed by atoms with Crippen LogP contribution >= 0.6 is 0 Å². The summed E-state index contributed by atoms with van der Waals surface area (Å²) in [5.41, 5.74) is 5.56. The van der Waals surface area contributed by atoms with Gasteiger partial charge in [0.15, 0.2) is 6.10 Å². The molecule has 0 amide bonds. The highest BCUT2D eigenvalue weighted by molar-refractivity contribution is 5.80. The predicted molar refractivity (Wildman–Crippen MR) is 101 cm³/mol. The maximum Gasteiger partial charge on any atom is 0.340 e. The van der Waals surface area contributed by atoms with Crippen molar-refractivity contribution in [3.05, 3.63) is 56.0 Å². The second-order valence-electron chi connectivity index (χ2n) is 7.57. The molecule has 0 radical (unpaired) electrons. The van der Waals surface area contributed by atoms with E-state index < -0.39 is 18.2 Å². The Labute approximate surface area is 160 Å². The lowest BCUT2D eigenvalue weighted by Crippen LogP contribution is -2.32. The zero-order valence-electron chi connectivity index (χ0n) is 15.6. The van der Waals surface area contributed by atoms with Gasteiger partial charge in [-0.3, -0.25) is 4.79 Å². The molecule has 4 heterocycles. The second-order valence-corrected chi connectivity index (χ2v) is 7.57. The molecule has 0 aromatic carbocycles. The Morgan fingerprint density at radius 2 is 2.07 bits per heavy atom. The van der Waals surface area contributed by atoms with Crippen molar-refractivity contribution in [1.29, 1.82) is 0 Å². The Morgan fingerprint density at radius 1 is 1.29 bits per heavy atom. The number of aliphatic hydroxyl groups is 2. The first-order valence-corrected chi connectivity index (χ1v) is 9.46. The highest BCUT2D eigenvalue weighted by atomic mass is 16.5. The molecule has 0 saturated heterocycles. The average Bonchev–Trinajstić information content (AvgIpc) is 3.05. The largest absolute Gasteiger partial charge is 0.458 e. The van der Waals surface area contributed by atoms with Crippen LogP contribution in [-0.2, 0) is 29.1 Å². The molecule has 0 bridgehead atoms. The smallest absolute Gasteiger partial charge is 0.340 e. The monoisotopic (exact) mass is 380 g/mol. The highest BCUT2D eigenvalue weighted by Gasteiger charge is 2.36. The molecule has 0 fully saturated rings. The lowest BCUT2D eigenvalue weighted by Gasteiger charge is -2.26. The van der Waals surface area contributed by atoms with E-state index in [1.165, 1.54) is 0 Å². The molecule has 2 aliphatic heterocycles. The zero-order valence-corrected chi connectivity index (χ0v) is 15.6. The van der Waals surface area contributed by atoms with Gasteiger partial charge in [-0.05, 0) is 29.7 Å². The first kappa shape index (κ1) is 17.3. The van der Waals surface area contributed by atoms with Gasteiger partial charge in [0.2, 0.25) is 0 Å². The van der Waals surface area contributed by atoms with Crippen LogP contribution in [0.2, 0.25) is 0 Å². The number of hydrogen-bond donors (Lipinski definition) is 2. The molecule has 1 aliphatic carbocycles. The summed E-state index contributed by atoms with van der Waals surface area (Å²) < 4.78 is 6.57. The first-order valence-electron chi connectivity index (χ1n) is 9.46. The third kappa shape index (κ3) is 2.14. The number of esters is 1. The van der Waals surface area contributed by atoms with E-state index in [4.69, 9.17) is 9.72 Å². The summed E-state index contributed by atoms with van der Waals surface area (Å²) in [6.45, 7) is 4.29. The fraction of sp³-hybridized carbons (Fsp3) is 0.381. The van der Waals surface area contributed by atoms with Crippen LogP contribution in [0.3, 0.4) is 0 Å². The molecular weight excluding hydrogens is 360 g/mol. The van der Waals surface area contributed by atoms with E-state index in [-0.39, 0.29) is 18.1 Å². The highest BCUT2D eigenvalue weighted by Crippen LogP contribution is 2.41. The van der Waals surface area contributed by atoms with Crippen LogP contribution in [0.25, 0.3) is 17.5 Å². The van der Waals surface area contributed by atoms with E-state index in [1.807, 2.05) is 13.0 Å². The van der Waals surface area contributed by atoms with E-state index in [0.29, 0.717) is 29.1 Å². The minimum absolute atomic E-state index is 0.0748. The van der Waals surface area contributed by atoms with Crippen LogP contribution in [0.1, 0.15) is 59.4 Å². The number of pyridine rings is 2. The molecule has 3 aliphatic rings. The molecule has 2 unspecified atom stereocenters. The summed E-state index contributed by atoms with van der Waals surface area (Å²) in [6.07, 6.45) is 2.30. The summed E-state index contributed by atoms with van der Waals surface area (Å²) in [5, 5.41) is 20.5. The van der Waals surface area contributed by atoms with Gasteiger partial charge in [-0.1, -0.05) is 19.9 Å². The van der Waals surface area contributed by atoms with Gasteiger partial charge in [0, 0.05) is 17.0 Å². The Balaban J connectivity index is 1.78. The Kier molecular flexibility index (Phi) is 3.63. The minimum Gasteiger partial charge on any atom is -0.458 e. The molecule has 2 aromatic heterocycles. The van der Waals surface area contributed by atoms with Crippen LogP contribution in [0, 0.1) is 0 Å². The molecular formula is C21H20N2O5. The molecule has 28 heavy (non-hydrogen) atoms. The predicted octanol–water partition coefficient (Wildman–Crippen LogP) is 1.42. The zero-order chi connectivity index (χ0) is 19.7. The van der Waals surface area contributed by atoms with Gasteiger partial charge in [-0.25, -0.2) is 9.78 Å². The van der Waals surface area contributed by atoms with Crippen molar-refractivity contribution < 1.29 is 19.7 Å². The third-order valence-electron chi connectivity index (χ3n) is 6.13. The maximum atomic E-state index is 13.0. The van der Waals surface area contributed by atoms with Gasteiger partial charge in [0.25, 0.3) is 5.56 Å². The molecule has 2 N–H and O–H groups in total. The quantitative estimate of drug-likeness (QED) is 0.619. The summed E-state index contributed by atoms with van der Waals surface area (Å²) in [5.74, 6) is -0.817. The van der Waals surface area contributed by atoms with E-state index in [2.05, 4.69) is 6.92 Å².